The molecule has 0 atom stereocenters. The highest BCUT2D eigenvalue weighted by atomic mass is 16.6. The van der Waals surface area contributed by atoms with Crippen molar-refractivity contribution >= 4 is 5.97 Å². The fourth-order valence-electron chi connectivity index (χ4n) is 4.83. The van der Waals surface area contributed by atoms with Crippen LogP contribution in [0.3, 0.4) is 0 Å². The fourth-order valence-corrected chi connectivity index (χ4v) is 4.83. The second-order valence-electron chi connectivity index (χ2n) is 5.99. The molecule has 0 aromatic heterocycles. The van der Waals surface area contributed by atoms with Gasteiger partial charge < -0.3 is 5.11 Å². The zero-order valence-electron chi connectivity index (χ0n) is 8.54. The van der Waals surface area contributed by atoms with Gasteiger partial charge in [-0.1, -0.05) is 0 Å². The normalized spacial score (nSPS) is 49.6. The van der Waals surface area contributed by atoms with E-state index in [-0.39, 0.29) is 5.41 Å². The Morgan fingerprint density at radius 3 is 1.86 bits per heavy atom. The van der Waals surface area contributed by atoms with Crippen molar-refractivity contribution in [3.63, 3.8) is 0 Å². The maximum Gasteiger partial charge on any atom is 0.303 e. The van der Waals surface area contributed by atoms with E-state index in [0.717, 1.165) is 17.8 Å². The van der Waals surface area contributed by atoms with E-state index in [4.69, 9.17) is 5.11 Å². The first kappa shape index (κ1) is 8.75. The number of carboxylic acid groups (broad SMARTS) is 1. The molecular weight excluding hydrogens is 178 g/mol. The van der Waals surface area contributed by atoms with Gasteiger partial charge in [0.05, 0.1) is 6.42 Å². The molecule has 0 spiro atoms. The SMILES string of the molecule is O=[14C](O)CC12CC3CC(CC(C3)C1)C2. The number of carboxylic acids is 1. The average Bonchev–Trinajstić information content (AvgIpc) is 1.96. The van der Waals surface area contributed by atoms with Gasteiger partial charge in [0.1, 0.15) is 0 Å². The van der Waals surface area contributed by atoms with Gasteiger partial charge in [0, 0.05) is 0 Å². The number of aliphatic carboxylic acids is 1. The molecular formula is C12H18O2. The molecule has 0 saturated heterocycles. The summed E-state index contributed by atoms with van der Waals surface area (Å²) in [5, 5.41) is 8.97. The minimum atomic E-state index is -0.577. The van der Waals surface area contributed by atoms with Crippen molar-refractivity contribution < 1.29 is 9.90 Å². The summed E-state index contributed by atoms with van der Waals surface area (Å²) < 4.78 is 0. The van der Waals surface area contributed by atoms with Gasteiger partial charge in [0.25, 0.3) is 0 Å². The van der Waals surface area contributed by atoms with Crippen LogP contribution in [0.4, 0.5) is 0 Å². The summed E-state index contributed by atoms with van der Waals surface area (Å²) in [6.45, 7) is 0. The number of carbonyl (C=O) groups is 1. The van der Waals surface area contributed by atoms with Crippen LogP contribution in [-0.4, -0.2) is 11.1 Å². The van der Waals surface area contributed by atoms with Gasteiger partial charge in [-0.05, 0) is 61.7 Å². The van der Waals surface area contributed by atoms with E-state index in [1.54, 1.807) is 0 Å². The third-order valence-electron chi connectivity index (χ3n) is 4.69. The molecule has 0 aliphatic heterocycles. The van der Waals surface area contributed by atoms with Gasteiger partial charge in [-0.15, -0.1) is 0 Å². The zero-order chi connectivity index (χ0) is 9.76. The molecule has 0 amide bonds. The van der Waals surface area contributed by atoms with E-state index in [9.17, 15) is 4.79 Å². The predicted octanol–water partition coefficient (Wildman–Crippen LogP) is 2.68. The van der Waals surface area contributed by atoms with Crippen LogP contribution in [-0.2, 0) is 4.79 Å². The van der Waals surface area contributed by atoms with Crippen molar-refractivity contribution in [2.45, 2.75) is 44.9 Å². The molecule has 4 aliphatic rings. The zero-order valence-corrected chi connectivity index (χ0v) is 8.54. The van der Waals surface area contributed by atoms with Crippen molar-refractivity contribution in [2.75, 3.05) is 0 Å². The Kier molecular flexibility index (Phi) is 1.71. The molecule has 2 heteroatoms. The van der Waals surface area contributed by atoms with Crippen LogP contribution in [0.5, 0.6) is 0 Å². The maximum atomic E-state index is 10.9. The summed E-state index contributed by atoms with van der Waals surface area (Å²) in [5.41, 5.74) is 0.223. The van der Waals surface area contributed by atoms with E-state index < -0.39 is 5.97 Å². The average molecular weight is 196 g/mol. The predicted molar refractivity (Wildman–Crippen MR) is 52.9 cm³/mol. The van der Waals surface area contributed by atoms with E-state index in [1.807, 2.05) is 0 Å². The molecule has 78 valence electrons. The third-order valence-corrected chi connectivity index (χ3v) is 4.69. The summed E-state index contributed by atoms with van der Waals surface area (Å²) in [6, 6.07) is 0. The van der Waals surface area contributed by atoms with Crippen molar-refractivity contribution in [3.8, 4) is 0 Å². The molecule has 4 rings (SSSR count). The highest BCUT2D eigenvalue weighted by Crippen LogP contribution is 2.61. The van der Waals surface area contributed by atoms with Crippen LogP contribution in [0, 0.1) is 23.2 Å². The Labute approximate surface area is 84.7 Å². The molecule has 4 aliphatic carbocycles. The monoisotopic (exact) mass is 196 g/mol. The Hall–Kier alpha value is -0.530. The number of hydrogen-bond acceptors (Lipinski definition) is 1. The molecule has 4 bridgehead atoms. The Morgan fingerprint density at radius 2 is 1.50 bits per heavy atom. The molecule has 0 unspecified atom stereocenters. The Morgan fingerprint density at radius 1 is 1.07 bits per heavy atom. The highest BCUT2D eigenvalue weighted by Gasteiger charge is 2.51. The summed E-state index contributed by atoms with van der Waals surface area (Å²) in [7, 11) is 0. The number of hydrogen-bond donors (Lipinski definition) is 1. The lowest BCUT2D eigenvalue weighted by Gasteiger charge is -2.56. The lowest BCUT2D eigenvalue weighted by Crippen LogP contribution is -2.46. The first-order valence-electron chi connectivity index (χ1n) is 5.87. The van der Waals surface area contributed by atoms with E-state index >= 15 is 0 Å². The van der Waals surface area contributed by atoms with Crippen LogP contribution in [0.15, 0.2) is 0 Å². The molecule has 4 saturated carbocycles. The maximum absolute atomic E-state index is 10.9. The third kappa shape index (κ3) is 1.27. The molecule has 0 heterocycles. The van der Waals surface area contributed by atoms with Crippen molar-refractivity contribution in [1.29, 1.82) is 0 Å². The standard InChI is InChI=1S/C12H18O2/c13-11(14)7-12-4-8-1-9(5-12)3-10(2-8)6-12/h8-10H,1-7H2,(H,13,14)/i11+2. The minimum Gasteiger partial charge on any atom is -0.481 e. The largest absolute Gasteiger partial charge is 0.481 e. The molecule has 0 aromatic rings. The van der Waals surface area contributed by atoms with Gasteiger partial charge in [0.2, 0.25) is 0 Å². The number of rotatable bonds is 2. The first-order valence-corrected chi connectivity index (χ1v) is 5.87. The van der Waals surface area contributed by atoms with Crippen molar-refractivity contribution in [1.82, 2.24) is 0 Å². The highest BCUT2D eigenvalue weighted by molar-refractivity contribution is 5.67. The minimum absolute atomic E-state index is 0.223. The van der Waals surface area contributed by atoms with Crippen LogP contribution >= 0.6 is 0 Å². The summed E-state index contributed by atoms with van der Waals surface area (Å²) in [6.07, 6.45) is 8.29. The smallest absolute Gasteiger partial charge is 0.303 e. The Balaban J connectivity index is 1.83. The summed E-state index contributed by atoms with van der Waals surface area (Å²) >= 11 is 0. The molecule has 0 aromatic carbocycles. The second kappa shape index (κ2) is 2.74. The Bertz CT molecular complexity index is 234. The fraction of sp³-hybridized carbons (Fsp3) is 0.917. The topological polar surface area (TPSA) is 37.3 Å². The van der Waals surface area contributed by atoms with Gasteiger partial charge in [-0.3, -0.25) is 4.79 Å². The van der Waals surface area contributed by atoms with E-state index in [0.29, 0.717) is 6.42 Å². The van der Waals surface area contributed by atoms with Crippen LogP contribution in [0.25, 0.3) is 0 Å². The first-order chi connectivity index (χ1) is 6.65. The van der Waals surface area contributed by atoms with E-state index in [1.165, 1.54) is 38.5 Å². The summed E-state index contributed by atoms with van der Waals surface area (Å²) in [5.74, 6) is 2.05. The van der Waals surface area contributed by atoms with Gasteiger partial charge in [-0.2, -0.15) is 0 Å². The molecule has 1 N–H and O–H groups in total. The van der Waals surface area contributed by atoms with Gasteiger partial charge in [0.15, 0.2) is 0 Å². The van der Waals surface area contributed by atoms with Crippen molar-refractivity contribution in [3.05, 3.63) is 0 Å². The molecule has 2 nitrogen and oxygen atoms in total. The molecule has 14 heavy (non-hydrogen) atoms. The molecule has 4 fully saturated rings. The van der Waals surface area contributed by atoms with Crippen LogP contribution in [0.1, 0.15) is 44.9 Å². The lowest BCUT2D eigenvalue weighted by molar-refractivity contribution is -0.145. The van der Waals surface area contributed by atoms with Gasteiger partial charge >= 0.3 is 5.97 Å². The lowest BCUT2D eigenvalue weighted by atomic mass is 9.49. The van der Waals surface area contributed by atoms with Gasteiger partial charge in [-0.25, -0.2) is 0 Å². The van der Waals surface area contributed by atoms with E-state index in [2.05, 4.69) is 0 Å². The van der Waals surface area contributed by atoms with Crippen LogP contribution < -0.4 is 0 Å². The van der Waals surface area contributed by atoms with Crippen LogP contribution in [0.2, 0.25) is 0 Å². The van der Waals surface area contributed by atoms with Crippen molar-refractivity contribution in [2.24, 2.45) is 23.2 Å². The quantitative estimate of drug-likeness (QED) is 0.737. The second-order valence-corrected chi connectivity index (χ2v) is 5.99. The molecule has 0 radical (unpaired) electrons. The summed E-state index contributed by atoms with van der Waals surface area (Å²) in [4.78, 5) is 10.9.